The summed E-state index contributed by atoms with van der Waals surface area (Å²) in [5, 5.41) is 4.90. The first-order chi connectivity index (χ1) is 14.2. The second-order valence-corrected chi connectivity index (χ2v) is 5.93. The average Bonchev–Trinajstić information content (AvgIpc) is 3.01. The summed E-state index contributed by atoms with van der Waals surface area (Å²) in [5.74, 6) is -11.7. The molecular weight excluding hydrogens is 418 g/mol. The van der Waals surface area contributed by atoms with Crippen LogP contribution in [0, 0.1) is 23.3 Å². The van der Waals surface area contributed by atoms with Gasteiger partial charge in [0.2, 0.25) is 0 Å². The van der Waals surface area contributed by atoms with E-state index in [9.17, 15) is 36.7 Å². The van der Waals surface area contributed by atoms with Crippen LogP contribution in [0.2, 0.25) is 0 Å². The summed E-state index contributed by atoms with van der Waals surface area (Å²) in [6.45, 7) is -0.228. The Bertz CT molecular complexity index is 919. The second kappa shape index (κ2) is 9.69. The first-order valence-corrected chi connectivity index (χ1v) is 8.44. The number of imide groups is 1. The molecule has 1 N–H and O–H groups in total. The van der Waals surface area contributed by atoms with E-state index in [1.165, 1.54) is 0 Å². The fourth-order valence-electron chi connectivity index (χ4n) is 2.44. The molecule has 0 atom stereocenters. The maximum absolute atomic E-state index is 13.9. The molecule has 0 aliphatic carbocycles. The van der Waals surface area contributed by atoms with Crippen LogP contribution in [-0.2, 0) is 19.2 Å². The summed E-state index contributed by atoms with van der Waals surface area (Å²) < 4.78 is 55.1. The Hall–Kier alpha value is -3.67. The quantitative estimate of drug-likeness (QED) is 0.128. The molecule has 30 heavy (non-hydrogen) atoms. The molecule has 1 fully saturated rings. The van der Waals surface area contributed by atoms with E-state index in [0.29, 0.717) is 5.06 Å². The van der Waals surface area contributed by atoms with Gasteiger partial charge in [0.05, 0.1) is 0 Å². The van der Waals surface area contributed by atoms with Crippen molar-refractivity contribution in [3.8, 4) is 0 Å². The highest BCUT2D eigenvalue weighted by Crippen LogP contribution is 2.30. The molecule has 0 aromatic heterocycles. The van der Waals surface area contributed by atoms with Crippen LogP contribution < -0.4 is 5.32 Å². The zero-order valence-electron chi connectivity index (χ0n) is 15.1. The summed E-state index contributed by atoms with van der Waals surface area (Å²) >= 11 is 0. The number of azide groups is 1. The number of unbranched alkanes of at least 4 members (excludes halogenated alkanes) is 1. The standard InChI is InChI=1S/C16H13F4N5O5/c17-11-10(12(18)14(20)15(13(11)19)23-24-21)16(29)22-6-2-1-3-9(28)30-25-7(26)4-5-8(25)27/h1-6H2,(H,22,29). The van der Waals surface area contributed by atoms with Crippen molar-refractivity contribution in [3.63, 3.8) is 0 Å². The van der Waals surface area contributed by atoms with E-state index in [-0.39, 0.29) is 38.6 Å². The summed E-state index contributed by atoms with van der Waals surface area (Å²) in [6.07, 6.45) is -0.168. The van der Waals surface area contributed by atoms with E-state index in [4.69, 9.17) is 5.53 Å². The topological polar surface area (TPSA) is 142 Å². The van der Waals surface area contributed by atoms with Crippen LogP contribution in [0.4, 0.5) is 23.2 Å². The fourth-order valence-corrected chi connectivity index (χ4v) is 2.44. The van der Waals surface area contributed by atoms with Crippen molar-refractivity contribution in [2.45, 2.75) is 32.1 Å². The normalized spacial score (nSPS) is 13.3. The lowest BCUT2D eigenvalue weighted by Gasteiger charge is -2.12. The fraction of sp³-hybridized carbons (Fsp3) is 0.375. The van der Waals surface area contributed by atoms with Crippen LogP contribution >= 0.6 is 0 Å². The molecule has 1 aromatic rings. The smallest absolute Gasteiger partial charge is 0.333 e. The third-order valence-corrected chi connectivity index (χ3v) is 3.90. The maximum atomic E-state index is 13.9. The van der Waals surface area contributed by atoms with Crippen LogP contribution in [0.1, 0.15) is 42.5 Å². The molecule has 1 saturated heterocycles. The number of halogens is 4. The number of benzene rings is 1. The molecule has 0 saturated carbocycles. The molecule has 1 aliphatic heterocycles. The number of amides is 3. The third kappa shape index (κ3) is 4.84. The van der Waals surface area contributed by atoms with Gasteiger partial charge in [-0.2, -0.15) is 0 Å². The van der Waals surface area contributed by atoms with Gasteiger partial charge in [0, 0.05) is 30.7 Å². The maximum Gasteiger partial charge on any atom is 0.333 e. The van der Waals surface area contributed by atoms with Gasteiger partial charge in [0.1, 0.15) is 11.3 Å². The summed E-state index contributed by atoms with van der Waals surface area (Å²) in [5.41, 5.74) is 5.09. The van der Waals surface area contributed by atoms with Crippen molar-refractivity contribution in [2.24, 2.45) is 5.11 Å². The van der Waals surface area contributed by atoms with E-state index < -0.39 is 58.2 Å². The minimum atomic E-state index is -2.03. The highest BCUT2D eigenvalue weighted by atomic mass is 19.2. The average molecular weight is 431 g/mol. The first-order valence-electron chi connectivity index (χ1n) is 8.44. The Morgan fingerprint density at radius 3 is 2.13 bits per heavy atom. The van der Waals surface area contributed by atoms with Gasteiger partial charge in [-0.15, -0.1) is 5.06 Å². The number of hydroxylamine groups is 2. The van der Waals surface area contributed by atoms with Gasteiger partial charge < -0.3 is 10.2 Å². The van der Waals surface area contributed by atoms with Crippen molar-refractivity contribution in [3.05, 3.63) is 39.3 Å². The molecule has 2 rings (SSSR count). The van der Waals surface area contributed by atoms with Crippen molar-refractivity contribution >= 4 is 29.4 Å². The van der Waals surface area contributed by atoms with Crippen LogP contribution in [0.3, 0.4) is 0 Å². The van der Waals surface area contributed by atoms with Gasteiger partial charge in [-0.25, -0.2) is 22.4 Å². The summed E-state index contributed by atoms with van der Waals surface area (Å²) in [7, 11) is 0. The molecular formula is C16H13F4N5O5. The lowest BCUT2D eigenvalue weighted by molar-refractivity contribution is -0.197. The molecule has 0 radical (unpaired) electrons. The van der Waals surface area contributed by atoms with Gasteiger partial charge in [0.25, 0.3) is 17.7 Å². The Morgan fingerprint density at radius 2 is 1.60 bits per heavy atom. The van der Waals surface area contributed by atoms with Gasteiger partial charge >= 0.3 is 5.97 Å². The number of hydrogen-bond acceptors (Lipinski definition) is 6. The number of carbonyl (C=O) groups excluding carboxylic acids is 4. The number of carbonyl (C=O) groups is 4. The Kier molecular flexibility index (Phi) is 7.31. The van der Waals surface area contributed by atoms with E-state index in [0.717, 1.165) is 0 Å². The molecule has 14 heteroatoms. The van der Waals surface area contributed by atoms with E-state index in [1.807, 2.05) is 10.2 Å². The van der Waals surface area contributed by atoms with Crippen molar-refractivity contribution in [1.29, 1.82) is 0 Å². The number of nitrogens with zero attached hydrogens (tertiary/aromatic N) is 4. The minimum absolute atomic E-state index is 0.0592. The number of hydrogen-bond donors (Lipinski definition) is 1. The minimum Gasteiger partial charge on any atom is -0.352 e. The number of nitrogens with one attached hydrogen (secondary N) is 1. The van der Waals surface area contributed by atoms with Crippen molar-refractivity contribution in [1.82, 2.24) is 10.4 Å². The lowest BCUT2D eigenvalue weighted by Crippen LogP contribution is -2.32. The number of rotatable bonds is 8. The molecule has 3 amide bonds. The van der Waals surface area contributed by atoms with Crippen molar-refractivity contribution in [2.75, 3.05) is 6.54 Å². The second-order valence-electron chi connectivity index (χ2n) is 5.93. The molecule has 1 heterocycles. The lowest BCUT2D eigenvalue weighted by atomic mass is 10.1. The van der Waals surface area contributed by atoms with E-state index >= 15 is 0 Å². The predicted octanol–water partition coefficient (Wildman–Crippen LogP) is 2.69. The SMILES string of the molecule is [N-]=[N+]=Nc1c(F)c(F)c(C(=O)NCCCCC(=O)ON2C(=O)CCC2=O)c(F)c1F. The summed E-state index contributed by atoms with van der Waals surface area (Å²) in [6, 6.07) is 0. The van der Waals surface area contributed by atoms with Gasteiger partial charge in [-0.3, -0.25) is 14.4 Å². The molecule has 0 spiro atoms. The molecule has 160 valence electrons. The highest BCUT2D eigenvalue weighted by Gasteiger charge is 2.32. The zero-order chi connectivity index (χ0) is 22.4. The van der Waals surface area contributed by atoms with Crippen molar-refractivity contribution < 1.29 is 41.6 Å². The van der Waals surface area contributed by atoms with Crippen LogP contribution in [0.25, 0.3) is 10.4 Å². The molecule has 1 aliphatic rings. The Labute approximate surface area is 165 Å². The molecule has 0 unspecified atom stereocenters. The van der Waals surface area contributed by atoms with Gasteiger partial charge in [-0.05, 0) is 18.4 Å². The Morgan fingerprint density at radius 1 is 1.03 bits per heavy atom. The van der Waals surface area contributed by atoms with Crippen LogP contribution in [0.5, 0.6) is 0 Å². The monoisotopic (exact) mass is 431 g/mol. The molecule has 0 bridgehead atoms. The predicted molar refractivity (Wildman–Crippen MR) is 88.4 cm³/mol. The van der Waals surface area contributed by atoms with Gasteiger partial charge in [-0.1, -0.05) is 5.11 Å². The summed E-state index contributed by atoms with van der Waals surface area (Å²) in [4.78, 5) is 52.7. The molecule has 10 nitrogen and oxygen atoms in total. The van der Waals surface area contributed by atoms with E-state index in [1.54, 1.807) is 0 Å². The van der Waals surface area contributed by atoms with Crippen LogP contribution in [-0.4, -0.2) is 35.3 Å². The first kappa shape index (κ1) is 22.6. The molecule has 1 aromatic carbocycles. The third-order valence-electron chi connectivity index (χ3n) is 3.90. The van der Waals surface area contributed by atoms with Gasteiger partial charge in [0.15, 0.2) is 23.3 Å². The van der Waals surface area contributed by atoms with Crippen LogP contribution in [0.15, 0.2) is 5.11 Å². The largest absolute Gasteiger partial charge is 0.352 e. The zero-order valence-corrected chi connectivity index (χ0v) is 15.1. The Balaban J connectivity index is 1.87. The highest BCUT2D eigenvalue weighted by molar-refractivity contribution is 6.01. The van der Waals surface area contributed by atoms with E-state index in [2.05, 4.69) is 9.95 Å².